The lowest BCUT2D eigenvalue weighted by molar-refractivity contribution is -0.138. The molecule has 38 heavy (non-hydrogen) atoms. The van der Waals surface area contributed by atoms with Crippen molar-refractivity contribution in [2.45, 2.75) is 103 Å². The number of rotatable bonds is 18. The van der Waals surface area contributed by atoms with Crippen LogP contribution in [0.1, 0.15) is 103 Å². The Hall–Kier alpha value is -3.70. The second kappa shape index (κ2) is 29.5. The molecular formula is C26H44N4O8. The number of carboxylic acid groups (broad SMARTS) is 4. The fourth-order valence-electron chi connectivity index (χ4n) is 2.95. The Balaban J connectivity index is 0. The Morgan fingerprint density at radius 3 is 0.816 bits per heavy atom. The average Bonchev–Trinajstić information content (AvgIpc) is 3.62. The summed E-state index contributed by atoms with van der Waals surface area (Å²) >= 11 is 0. The molecule has 12 nitrogen and oxygen atoms in total. The summed E-state index contributed by atoms with van der Waals surface area (Å²) in [6, 6.07) is 0. The van der Waals surface area contributed by atoms with Gasteiger partial charge >= 0.3 is 23.9 Å². The van der Waals surface area contributed by atoms with Gasteiger partial charge in [-0.2, -0.15) is 0 Å². The normalized spacial score (nSPS) is 9.47. The lowest BCUT2D eigenvalue weighted by Gasteiger charge is -1.98. The quantitative estimate of drug-likeness (QED) is 0.133. The van der Waals surface area contributed by atoms with Gasteiger partial charge in [0.2, 0.25) is 0 Å². The topological polar surface area (TPSA) is 207 Å². The monoisotopic (exact) mass is 540 g/mol. The first-order chi connectivity index (χ1) is 18.3. The zero-order chi connectivity index (χ0) is 28.7. The number of unbranched alkanes of at least 4 members (excludes halogenated alkanes) is 10. The second-order valence-corrected chi connectivity index (χ2v) is 8.34. The van der Waals surface area contributed by atoms with Gasteiger partial charge in [0.05, 0.1) is 12.7 Å². The average molecular weight is 541 g/mol. The minimum atomic E-state index is -0.740. The molecule has 0 aliphatic heterocycles. The van der Waals surface area contributed by atoms with Crippen molar-refractivity contribution in [3.63, 3.8) is 0 Å². The molecule has 2 heterocycles. The highest BCUT2D eigenvalue weighted by molar-refractivity contribution is 5.67. The number of H-pyrrole nitrogens is 2. The summed E-state index contributed by atoms with van der Waals surface area (Å²) in [6.45, 7) is 0. The number of nitrogens with zero attached hydrogens (tertiary/aromatic N) is 2. The van der Waals surface area contributed by atoms with Crippen LogP contribution in [0.25, 0.3) is 0 Å². The highest BCUT2D eigenvalue weighted by atomic mass is 16.4. The molecule has 0 atom stereocenters. The van der Waals surface area contributed by atoms with Crippen molar-refractivity contribution in [2.24, 2.45) is 0 Å². The standard InChI is InChI=1S/2C10H18O4.2C3H4N2/c2*11-9(12)7-5-3-1-2-4-6-8-10(13)14;2*1-2-5-3-4-1/h2*1-8H2,(H,11,12)(H,13,14);2*1-3H,(H,4,5). The molecule has 0 spiro atoms. The first kappa shape index (κ1) is 36.5. The molecular weight excluding hydrogens is 496 g/mol. The number of aliphatic carboxylic acids is 4. The van der Waals surface area contributed by atoms with Crippen LogP contribution in [0.15, 0.2) is 37.4 Å². The third kappa shape index (κ3) is 39.5. The van der Waals surface area contributed by atoms with Gasteiger partial charge in [0, 0.05) is 50.5 Å². The van der Waals surface area contributed by atoms with Gasteiger partial charge in [0.25, 0.3) is 0 Å². The van der Waals surface area contributed by atoms with Gasteiger partial charge in [-0.1, -0.05) is 51.4 Å². The van der Waals surface area contributed by atoms with Gasteiger partial charge in [-0.05, 0) is 25.7 Å². The van der Waals surface area contributed by atoms with Crippen LogP contribution in [0.2, 0.25) is 0 Å². The molecule has 0 saturated heterocycles. The van der Waals surface area contributed by atoms with Crippen molar-refractivity contribution in [2.75, 3.05) is 0 Å². The Bertz CT molecular complexity index is 643. The fraction of sp³-hybridized carbons (Fsp3) is 0.615. The van der Waals surface area contributed by atoms with Gasteiger partial charge in [-0.25, -0.2) is 9.97 Å². The molecule has 0 saturated carbocycles. The van der Waals surface area contributed by atoms with E-state index in [1.165, 1.54) is 0 Å². The third-order valence-corrected chi connectivity index (χ3v) is 4.87. The Morgan fingerprint density at radius 1 is 0.447 bits per heavy atom. The number of hydrogen-bond donors (Lipinski definition) is 6. The van der Waals surface area contributed by atoms with Gasteiger partial charge in [0.1, 0.15) is 0 Å². The molecule has 2 rings (SSSR count). The van der Waals surface area contributed by atoms with E-state index in [0.717, 1.165) is 77.0 Å². The maximum absolute atomic E-state index is 10.1. The number of carboxylic acids is 4. The van der Waals surface area contributed by atoms with Crippen LogP contribution in [0.4, 0.5) is 0 Å². The van der Waals surface area contributed by atoms with E-state index >= 15 is 0 Å². The molecule has 2 aromatic rings. The largest absolute Gasteiger partial charge is 0.481 e. The molecule has 0 aliphatic carbocycles. The lowest BCUT2D eigenvalue weighted by Crippen LogP contribution is -1.94. The third-order valence-electron chi connectivity index (χ3n) is 4.87. The summed E-state index contributed by atoms with van der Waals surface area (Å²) in [5, 5.41) is 33.4. The molecule has 0 unspecified atom stereocenters. The summed E-state index contributed by atoms with van der Waals surface area (Å²) in [4.78, 5) is 53.4. The number of nitrogens with one attached hydrogen (secondary N) is 2. The van der Waals surface area contributed by atoms with Crippen molar-refractivity contribution >= 4 is 23.9 Å². The van der Waals surface area contributed by atoms with E-state index in [2.05, 4.69) is 19.9 Å². The Labute approximate surface area is 223 Å². The van der Waals surface area contributed by atoms with E-state index in [9.17, 15) is 19.2 Å². The van der Waals surface area contributed by atoms with E-state index in [-0.39, 0.29) is 25.7 Å². The molecule has 0 fully saturated rings. The van der Waals surface area contributed by atoms with Gasteiger partial charge in [-0.3, -0.25) is 19.2 Å². The van der Waals surface area contributed by atoms with Crippen molar-refractivity contribution in [3.05, 3.63) is 37.4 Å². The summed E-state index contributed by atoms with van der Waals surface area (Å²) in [7, 11) is 0. The Kier molecular flexibility index (Phi) is 28.3. The molecule has 216 valence electrons. The maximum Gasteiger partial charge on any atom is 0.303 e. The molecule has 0 amide bonds. The van der Waals surface area contributed by atoms with Crippen molar-refractivity contribution < 1.29 is 39.6 Å². The lowest BCUT2D eigenvalue weighted by atomic mass is 10.1. The molecule has 0 bridgehead atoms. The number of aromatic nitrogens is 4. The minimum Gasteiger partial charge on any atom is -0.481 e. The zero-order valence-electron chi connectivity index (χ0n) is 22.1. The zero-order valence-corrected chi connectivity index (χ0v) is 22.1. The number of imidazole rings is 2. The molecule has 0 aromatic carbocycles. The highest BCUT2D eigenvalue weighted by Gasteiger charge is 1.99. The van der Waals surface area contributed by atoms with Crippen LogP contribution in [-0.2, 0) is 19.2 Å². The van der Waals surface area contributed by atoms with Crippen molar-refractivity contribution in [3.8, 4) is 0 Å². The molecule has 0 aliphatic rings. The van der Waals surface area contributed by atoms with Gasteiger partial charge in [-0.15, -0.1) is 0 Å². The SMILES string of the molecule is O=C(O)CCCCCCCCC(=O)O.O=C(O)CCCCCCCCC(=O)O.c1c[nH]cn1.c1c[nH]cn1. The molecule has 12 heteroatoms. The van der Waals surface area contributed by atoms with Crippen LogP contribution < -0.4 is 0 Å². The van der Waals surface area contributed by atoms with E-state index in [1.54, 1.807) is 37.4 Å². The van der Waals surface area contributed by atoms with Crippen LogP contribution in [-0.4, -0.2) is 64.2 Å². The summed E-state index contributed by atoms with van der Waals surface area (Å²) in [6.07, 6.45) is 21.8. The first-order valence-corrected chi connectivity index (χ1v) is 13.0. The predicted octanol–water partition coefficient (Wildman–Crippen LogP) is 5.37. The van der Waals surface area contributed by atoms with Crippen LogP contribution in [0.3, 0.4) is 0 Å². The Morgan fingerprint density at radius 2 is 0.684 bits per heavy atom. The van der Waals surface area contributed by atoms with E-state index < -0.39 is 23.9 Å². The van der Waals surface area contributed by atoms with E-state index in [0.29, 0.717) is 0 Å². The molecule has 0 radical (unpaired) electrons. The van der Waals surface area contributed by atoms with E-state index in [1.807, 2.05) is 0 Å². The number of hydrogen-bond acceptors (Lipinski definition) is 6. The van der Waals surface area contributed by atoms with Crippen LogP contribution >= 0.6 is 0 Å². The van der Waals surface area contributed by atoms with Crippen molar-refractivity contribution in [1.82, 2.24) is 19.9 Å². The molecule has 6 N–H and O–H groups in total. The molecule has 2 aromatic heterocycles. The smallest absolute Gasteiger partial charge is 0.303 e. The predicted molar refractivity (Wildman–Crippen MR) is 142 cm³/mol. The van der Waals surface area contributed by atoms with Crippen molar-refractivity contribution in [1.29, 1.82) is 0 Å². The summed E-state index contributed by atoms with van der Waals surface area (Å²) in [5.74, 6) is -2.96. The minimum absolute atomic E-state index is 0.245. The summed E-state index contributed by atoms with van der Waals surface area (Å²) in [5.41, 5.74) is 0. The maximum atomic E-state index is 10.1. The number of carbonyl (C=O) groups is 4. The highest BCUT2D eigenvalue weighted by Crippen LogP contribution is 2.09. The fourth-order valence-corrected chi connectivity index (χ4v) is 2.95. The van der Waals surface area contributed by atoms with Crippen LogP contribution in [0, 0.1) is 0 Å². The first-order valence-electron chi connectivity index (χ1n) is 13.0. The number of aromatic amines is 2. The van der Waals surface area contributed by atoms with Crippen LogP contribution in [0.5, 0.6) is 0 Å². The van der Waals surface area contributed by atoms with Gasteiger partial charge < -0.3 is 30.4 Å². The van der Waals surface area contributed by atoms with E-state index in [4.69, 9.17) is 20.4 Å². The summed E-state index contributed by atoms with van der Waals surface area (Å²) < 4.78 is 0. The van der Waals surface area contributed by atoms with Gasteiger partial charge in [0.15, 0.2) is 0 Å². The second-order valence-electron chi connectivity index (χ2n) is 8.34.